The van der Waals surface area contributed by atoms with Crippen molar-refractivity contribution >= 4 is 27.3 Å². The van der Waals surface area contributed by atoms with Crippen LogP contribution in [0, 0.1) is 0 Å². The van der Waals surface area contributed by atoms with Crippen molar-refractivity contribution in [3.8, 4) is 0 Å². The number of benzene rings is 1. The Morgan fingerprint density at radius 1 is 1.20 bits per heavy atom. The number of carbonyl (C=O) groups is 1. The van der Waals surface area contributed by atoms with Gasteiger partial charge in [0.25, 0.3) is 5.91 Å². The maximum Gasteiger partial charge on any atom is 0.346 e. The number of nitrogens with one attached hydrogen (secondary N) is 1. The second kappa shape index (κ2) is 7.87. The monoisotopic (exact) mass is 419 g/mol. The first-order chi connectivity index (χ1) is 14.7. The van der Waals surface area contributed by atoms with Crippen LogP contribution < -0.4 is 11.0 Å². The summed E-state index contributed by atoms with van der Waals surface area (Å²) in [5.74, 6) is 0.734. The quantitative estimate of drug-likeness (QED) is 0.552. The minimum Gasteiger partial charge on any atom is -0.349 e. The van der Waals surface area contributed by atoms with Gasteiger partial charge in [0.15, 0.2) is 0 Å². The number of aromatic nitrogens is 4. The van der Waals surface area contributed by atoms with Gasteiger partial charge in [-0.2, -0.15) is 5.10 Å². The number of aryl methyl sites for hydroxylation is 1. The van der Waals surface area contributed by atoms with Gasteiger partial charge in [0.2, 0.25) is 0 Å². The van der Waals surface area contributed by atoms with Crippen molar-refractivity contribution in [3.05, 3.63) is 81.6 Å². The van der Waals surface area contributed by atoms with E-state index in [1.165, 1.54) is 16.0 Å². The summed E-state index contributed by atoms with van der Waals surface area (Å²) in [7, 11) is 0. The van der Waals surface area contributed by atoms with Crippen LogP contribution in [-0.4, -0.2) is 31.3 Å². The minimum atomic E-state index is -0.106. The predicted octanol–water partition coefficient (Wildman–Crippen LogP) is 2.84. The largest absolute Gasteiger partial charge is 0.349 e. The third-order valence-corrected chi connectivity index (χ3v) is 6.57. The van der Waals surface area contributed by atoms with Crippen LogP contribution >= 0.6 is 11.3 Å². The smallest absolute Gasteiger partial charge is 0.346 e. The lowest BCUT2D eigenvalue weighted by atomic mass is 10.1. The highest BCUT2D eigenvalue weighted by Gasteiger charge is 2.23. The Morgan fingerprint density at radius 3 is 2.93 bits per heavy atom. The van der Waals surface area contributed by atoms with Crippen LogP contribution in [0.2, 0.25) is 0 Å². The van der Waals surface area contributed by atoms with E-state index in [-0.39, 0.29) is 17.6 Å². The topological polar surface area (TPSA) is 81.8 Å². The summed E-state index contributed by atoms with van der Waals surface area (Å²) in [5, 5.41) is 8.77. The van der Waals surface area contributed by atoms with Gasteiger partial charge in [-0.3, -0.25) is 14.3 Å². The molecule has 1 aliphatic rings. The highest BCUT2D eigenvalue weighted by molar-refractivity contribution is 7.20. The zero-order valence-electron chi connectivity index (χ0n) is 16.3. The molecule has 4 heterocycles. The summed E-state index contributed by atoms with van der Waals surface area (Å²) >= 11 is 1.51. The molecule has 7 nitrogen and oxygen atoms in total. The number of fused-ring (bicyclic) bond motifs is 2. The van der Waals surface area contributed by atoms with Crippen molar-refractivity contribution in [2.45, 2.75) is 38.4 Å². The molecule has 152 valence electrons. The van der Waals surface area contributed by atoms with Crippen LogP contribution in [0.5, 0.6) is 0 Å². The Hall–Kier alpha value is -3.26. The number of nitrogens with zero attached hydrogens (tertiary/aromatic N) is 4. The molecule has 0 fully saturated rings. The molecule has 0 saturated heterocycles. The minimum absolute atomic E-state index is 0.0237. The Morgan fingerprint density at radius 2 is 2.10 bits per heavy atom. The van der Waals surface area contributed by atoms with Crippen molar-refractivity contribution in [2.24, 2.45) is 0 Å². The maximum absolute atomic E-state index is 12.8. The molecular formula is C22H21N5O2S. The first kappa shape index (κ1) is 18.7. The first-order valence-electron chi connectivity index (χ1n) is 10.0. The maximum atomic E-state index is 12.8. The Balaban J connectivity index is 1.27. The number of hydrogen-bond donors (Lipinski definition) is 1. The second-order valence-electron chi connectivity index (χ2n) is 7.52. The summed E-state index contributed by atoms with van der Waals surface area (Å²) in [5.41, 5.74) is 0.840. The normalized spacial score (nSPS) is 16.2. The number of pyridine rings is 1. The average Bonchev–Trinajstić information content (AvgIpc) is 3.26. The summed E-state index contributed by atoms with van der Waals surface area (Å²) in [6.07, 6.45) is 5.59. The van der Waals surface area contributed by atoms with Crippen LogP contribution in [-0.2, 0) is 19.5 Å². The fourth-order valence-electron chi connectivity index (χ4n) is 3.89. The van der Waals surface area contributed by atoms with E-state index in [9.17, 15) is 9.59 Å². The van der Waals surface area contributed by atoms with Gasteiger partial charge >= 0.3 is 5.69 Å². The van der Waals surface area contributed by atoms with E-state index in [4.69, 9.17) is 0 Å². The van der Waals surface area contributed by atoms with Crippen LogP contribution in [0.4, 0.5) is 0 Å². The van der Waals surface area contributed by atoms with Crippen molar-refractivity contribution in [1.82, 2.24) is 24.6 Å². The van der Waals surface area contributed by atoms with E-state index < -0.39 is 0 Å². The van der Waals surface area contributed by atoms with E-state index in [1.807, 2.05) is 42.5 Å². The van der Waals surface area contributed by atoms with E-state index in [0.717, 1.165) is 32.8 Å². The lowest BCUT2D eigenvalue weighted by Crippen LogP contribution is -2.35. The lowest BCUT2D eigenvalue weighted by molar-refractivity contribution is 0.0937. The van der Waals surface area contributed by atoms with Crippen LogP contribution in [0.1, 0.15) is 33.9 Å². The molecule has 1 N–H and O–H groups in total. The number of thiophene rings is 1. The summed E-state index contributed by atoms with van der Waals surface area (Å²) in [6, 6.07) is 13.7. The molecule has 1 aromatic carbocycles. The highest BCUT2D eigenvalue weighted by Crippen LogP contribution is 2.25. The molecule has 0 radical (unpaired) electrons. The first-order valence-corrected chi connectivity index (χ1v) is 10.8. The van der Waals surface area contributed by atoms with Crippen molar-refractivity contribution in [1.29, 1.82) is 0 Å². The molecule has 30 heavy (non-hydrogen) atoms. The molecule has 5 rings (SSSR count). The summed E-state index contributed by atoms with van der Waals surface area (Å²) in [4.78, 5) is 30.3. The molecule has 1 unspecified atom stereocenters. The van der Waals surface area contributed by atoms with Crippen LogP contribution in [0.3, 0.4) is 0 Å². The molecule has 0 spiro atoms. The standard InChI is InChI=1S/C22H21N5O2S/c28-21(19-12-16-5-1-2-6-18(16)30-19)24-17-7-8-20-25-27(22(29)26(20)11-9-17)14-15-4-3-10-23-13-15/h1-6,10,12-13,17H,7-9,11,14H2,(H,24,28). The molecule has 3 aromatic heterocycles. The van der Waals surface area contributed by atoms with E-state index in [0.29, 0.717) is 25.9 Å². The van der Waals surface area contributed by atoms with Gasteiger partial charge in [0, 0.05) is 36.1 Å². The molecule has 1 amide bonds. The zero-order chi connectivity index (χ0) is 20.5. The molecule has 1 aliphatic heterocycles. The third-order valence-electron chi connectivity index (χ3n) is 5.46. The van der Waals surface area contributed by atoms with E-state index >= 15 is 0 Å². The van der Waals surface area contributed by atoms with E-state index in [2.05, 4.69) is 15.4 Å². The molecule has 0 saturated carbocycles. The van der Waals surface area contributed by atoms with E-state index in [1.54, 1.807) is 17.0 Å². The Bertz CT molecular complexity index is 1220. The van der Waals surface area contributed by atoms with Crippen molar-refractivity contribution in [3.63, 3.8) is 0 Å². The number of amides is 1. The van der Waals surface area contributed by atoms with Crippen LogP contribution in [0.15, 0.2) is 59.7 Å². The molecule has 0 bridgehead atoms. The molecular weight excluding hydrogens is 398 g/mol. The SMILES string of the molecule is O=C(NC1CCc2nn(Cc3cccnc3)c(=O)n2CC1)c1cc2ccccc2s1. The predicted molar refractivity (Wildman–Crippen MR) is 116 cm³/mol. The highest BCUT2D eigenvalue weighted by atomic mass is 32.1. The van der Waals surface area contributed by atoms with Crippen LogP contribution in [0.25, 0.3) is 10.1 Å². The Kier molecular flexibility index (Phi) is 4.92. The zero-order valence-corrected chi connectivity index (χ0v) is 17.1. The van der Waals surface area contributed by atoms with Gasteiger partial charge in [-0.05, 0) is 42.0 Å². The molecule has 0 aliphatic carbocycles. The summed E-state index contributed by atoms with van der Waals surface area (Å²) in [6.45, 7) is 0.970. The Labute approximate surface area is 177 Å². The lowest BCUT2D eigenvalue weighted by Gasteiger charge is -2.15. The van der Waals surface area contributed by atoms with Crippen molar-refractivity contribution in [2.75, 3.05) is 0 Å². The number of hydrogen-bond acceptors (Lipinski definition) is 5. The fourth-order valence-corrected chi connectivity index (χ4v) is 4.86. The molecule has 1 atom stereocenters. The van der Waals surface area contributed by atoms with Gasteiger partial charge in [-0.15, -0.1) is 11.3 Å². The van der Waals surface area contributed by atoms with Crippen molar-refractivity contribution < 1.29 is 4.79 Å². The van der Waals surface area contributed by atoms with Gasteiger partial charge in [0.1, 0.15) is 5.82 Å². The molecule has 4 aromatic rings. The summed E-state index contributed by atoms with van der Waals surface area (Å²) < 4.78 is 4.35. The average molecular weight is 420 g/mol. The number of rotatable bonds is 4. The second-order valence-corrected chi connectivity index (χ2v) is 8.60. The fraction of sp³-hybridized carbons (Fsp3) is 0.273. The van der Waals surface area contributed by atoms with Gasteiger partial charge < -0.3 is 5.32 Å². The molecule has 8 heteroatoms. The number of carbonyl (C=O) groups excluding carboxylic acids is 1. The van der Waals surface area contributed by atoms with Gasteiger partial charge in [-0.25, -0.2) is 9.48 Å². The van der Waals surface area contributed by atoms with Gasteiger partial charge in [-0.1, -0.05) is 24.3 Å². The van der Waals surface area contributed by atoms with Gasteiger partial charge in [0.05, 0.1) is 11.4 Å². The third kappa shape index (κ3) is 3.66.